The number of methoxy groups -OCH3 is 1. The smallest absolute Gasteiger partial charge is 0.329 e. The second-order valence-electron chi connectivity index (χ2n) is 4.57. The van der Waals surface area contributed by atoms with Crippen LogP contribution in [0.3, 0.4) is 0 Å². The van der Waals surface area contributed by atoms with Gasteiger partial charge in [0.05, 0.1) is 18.1 Å². The first-order valence-corrected chi connectivity index (χ1v) is 7.85. The molecule has 1 heterocycles. The van der Waals surface area contributed by atoms with Gasteiger partial charge in [-0.05, 0) is 12.8 Å². The lowest BCUT2D eigenvalue weighted by Crippen LogP contribution is -2.48. The monoisotopic (exact) mass is 292 g/mol. The molecule has 0 radical (unpaired) electrons. The van der Waals surface area contributed by atoms with Crippen molar-refractivity contribution in [1.82, 2.24) is 10.6 Å². The fourth-order valence-corrected chi connectivity index (χ4v) is 3.86. The predicted octanol–water partition coefficient (Wildman–Crippen LogP) is -1.17. The molecular weight excluding hydrogens is 272 g/mol. The van der Waals surface area contributed by atoms with Gasteiger partial charge in [-0.3, -0.25) is 4.79 Å². The van der Waals surface area contributed by atoms with Gasteiger partial charge in [-0.2, -0.15) is 0 Å². The van der Waals surface area contributed by atoms with Gasteiger partial charge in [-0.25, -0.2) is 13.2 Å². The minimum atomic E-state index is -3.00. The number of sulfone groups is 1. The van der Waals surface area contributed by atoms with Gasteiger partial charge in [0.1, 0.15) is 6.04 Å². The Hall–Kier alpha value is -1.15. The van der Waals surface area contributed by atoms with Gasteiger partial charge in [0, 0.05) is 20.0 Å². The van der Waals surface area contributed by atoms with Gasteiger partial charge in [-0.15, -0.1) is 0 Å². The third kappa shape index (κ3) is 4.79. The fraction of sp³-hybridized carbons (Fsp3) is 0.818. The maximum Gasteiger partial charge on any atom is 0.329 e. The van der Waals surface area contributed by atoms with E-state index in [0.717, 1.165) is 0 Å². The number of hydrogen-bond donors (Lipinski definition) is 2. The fourth-order valence-electron chi connectivity index (χ4n) is 2.06. The van der Waals surface area contributed by atoms with Crippen molar-refractivity contribution < 1.29 is 22.7 Å². The molecule has 0 aliphatic carbocycles. The molecule has 1 fully saturated rings. The van der Waals surface area contributed by atoms with E-state index < -0.39 is 27.1 Å². The molecule has 0 bridgehead atoms. The molecule has 19 heavy (non-hydrogen) atoms. The Morgan fingerprint density at radius 1 is 1.42 bits per heavy atom. The van der Waals surface area contributed by atoms with Crippen LogP contribution in [-0.2, 0) is 24.2 Å². The van der Waals surface area contributed by atoms with E-state index >= 15 is 0 Å². The molecule has 1 saturated heterocycles. The Morgan fingerprint density at radius 2 is 2.11 bits per heavy atom. The van der Waals surface area contributed by atoms with Crippen molar-refractivity contribution in [1.29, 1.82) is 0 Å². The van der Waals surface area contributed by atoms with Gasteiger partial charge in [0.15, 0.2) is 9.84 Å². The lowest BCUT2D eigenvalue weighted by molar-refractivity contribution is -0.144. The van der Waals surface area contributed by atoms with Crippen LogP contribution in [0.2, 0.25) is 0 Å². The number of nitrogens with one attached hydrogen (secondary N) is 2. The molecule has 0 spiro atoms. The van der Waals surface area contributed by atoms with E-state index in [1.54, 1.807) is 0 Å². The molecule has 1 amide bonds. The van der Waals surface area contributed by atoms with Gasteiger partial charge in [0.25, 0.3) is 0 Å². The van der Waals surface area contributed by atoms with E-state index in [1.165, 1.54) is 14.0 Å². The Bertz CT molecular complexity index is 434. The van der Waals surface area contributed by atoms with Crippen molar-refractivity contribution in [2.24, 2.45) is 0 Å². The molecule has 0 aromatic heterocycles. The van der Waals surface area contributed by atoms with Gasteiger partial charge < -0.3 is 15.4 Å². The van der Waals surface area contributed by atoms with Crippen molar-refractivity contribution >= 4 is 21.7 Å². The van der Waals surface area contributed by atoms with E-state index in [9.17, 15) is 18.0 Å². The molecular formula is C11H20N2O5S. The predicted molar refractivity (Wildman–Crippen MR) is 69.3 cm³/mol. The summed E-state index contributed by atoms with van der Waals surface area (Å²) in [6.07, 6.45) is 1.32. The first kappa shape index (κ1) is 15.9. The summed E-state index contributed by atoms with van der Waals surface area (Å²) >= 11 is 0. The lowest BCUT2D eigenvalue weighted by Gasteiger charge is -2.17. The summed E-state index contributed by atoms with van der Waals surface area (Å²) in [5, 5.41) is 4.96. The first-order valence-electron chi connectivity index (χ1n) is 6.14. The third-order valence-electron chi connectivity index (χ3n) is 3.05. The molecule has 0 aromatic rings. The van der Waals surface area contributed by atoms with Crippen LogP contribution < -0.4 is 10.6 Å². The maximum absolute atomic E-state index is 11.6. The van der Waals surface area contributed by atoms with Crippen LogP contribution in [0.15, 0.2) is 0 Å². The summed E-state index contributed by atoms with van der Waals surface area (Å²) in [5.74, 6) is -0.673. The van der Waals surface area contributed by atoms with Crippen molar-refractivity contribution in [3.05, 3.63) is 0 Å². The van der Waals surface area contributed by atoms with Gasteiger partial charge in [-0.1, -0.05) is 0 Å². The maximum atomic E-state index is 11.6. The largest absolute Gasteiger partial charge is 0.467 e. The number of ether oxygens (including phenoxy) is 1. The normalized spacial score (nSPS) is 22.7. The number of rotatable bonds is 6. The van der Waals surface area contributed by atoms with Crippen LogP contribution >= 0.6 is 0 Å². The Kier molecular flexibility index (Phi) is 5.74. The van der Waals surface area contributed by atoms with E-state index in [0.29, 0.717) is 12.8 Å². The average Bonchev–Trinajstić information content (AvgIpc) is 2.66. The molecule has 1 aliphatic rings. The van der Waals surface area contributed by atoms with Crippen LogP contribution in [0.1, 0.15) is 19.8 Å². The number of esters is 1. The Morgan fingerprint density at radius 3 is 2.58 bits per heavy atom. The number of hydrogen-bond acceptors (Lipinski definition) is 6. The summed E-state index contributed by atoms with van der Waals surface area (Å²) in [6.45, 7) is 1.74. The van der Waals surface area contributed by atoms with Crippen molar-refractivity contribution in [3.8, 4) is 0 Å². The second kappa shape index (κ2) is 6.85. The number of amides is 1. The van der Waals surface area contributed by atoms with E-state index in [4.69, 9.17) is 0 Å². The quantitative estimate of drug-likeness (QED) is 0.598. The summed E-state index contributed by atoms with van der Waals surface area (Å²) in [5.41, 5.74) is 0. The van der Waals surface area contributed by atoms with Crippen molar-refractivity contribution in [3.63, 3.8) is 0 Å². The zero-order valence-corrected chi connectivity index (χ0v) is 12.0. The summed E-state index contributed by atoms with van der Waals surface area (Å²) in [7, 11) is -1.77. The lowest BCUT2D eigenvalue weighted by atomic mass is 10.2. The topological polar surface area (TPSA) is 102 Å². The van der Waals surface area contributed by atoms with Gasteiger partial charge in [0.2, 0.25) is 5.91 Å². The van der Waals surface area contributed by atoms with Crippen LogP contribution in [0.25, 0.3) is 0 Å². The minimum absolute atomic E-state index is 0.151. The van der Waals surface area contributed by atoms with Crippen molar-refractivity contribution in [2.75, 3.05) is 26.0 Å². The first-order chi connectivity index (χ1) is 8.86. The van der Waals surface area contributed by atoms with Gasteiger partial charge >= 0.3 is 5.97 Å². The molecule has 1 aliphatic heterocycles. The minimum Gasteiger partial charge on any atom is -0.467 e. The highest BCUT2D eigenvalue weighted by Crippen LogP contribution is 2.18. The summed E-state index contributed by atoms with van der Waals surface area (Å²) in [6, 6.07) is -0.799. The zero-order chi connectivity index (χ0) is 14.5. The van der Waals surface area contributed by atoms with Crippen LogP contribution in [0.4, 0.5) is 0 Å². The molecule has 2 atom stereocenters. The van der Waals surface area contributed by atoms with Crippen LogP contribution in [0.5, 0.6) is 0 Å². The molecule has 7 nitrogen and oxygen atoms in total. The summed E-state index contributed by atoms with van der Waals surface area (Å²) in [4.78, 5) is 22.4. The zero-order valence-electron chi connectivity index (χ0n) is 11.1. The van der Waals surface area contributed by atoms with E-state index in [2.05, 4.69) is 15.4 Å². The van der Waals surface area contributed by atoms with Crippen LogP contribution in [0, 0.1) is 0 Å². The Balaban J connectivity index is 2.44. The molecule has 0 aromatic carbocycles. The summed E-state index contributed by atoms with van der Waals surface area (Å²) < 4.78 is 27.8. The molecule has 1 rings (SSSR count). The molecule has 110 valence electrons. The third-order valence-corrected chi connectivity index (χ3v) is 5.32. The van der Waals surface area contributed by atoms with E-state index in [1.807, 2.05) is 0 Å². The Labute approximate surface area is 113 Å². The molecule has 0 saturated carbocycles. The van der Waals surface area contributed by atoms with E-state index in [-0.39, 0.29) is 24.7 Å². The molecule has 2 N–H and O–H groups in total. The number of carbonyl (C=O) groups is 2. The van der Waals surface area contributed by atoms with Crippen LogP contribution in [-0.4, -0.2) is 57.5 Å². The van der Waals surface area contributed by atoms with Crippen molar-refractivity contribution in [2.45, 2.75) is 31.1 Å². The highest BCUT2D eigenvalue weighted by atomic mass is 32.2. The standard InChI is InChI=1S/C11H20N2O5S/c1-8(14)13-10(11(15)18-2)7-12-6-9-4-3-5-19(9,16)17/h9-10,12H,3-7H2,1-2H3,(H,13,14). The highest BCUT2D eigenvalue weighted by molar-refractivity contribution is 7.92. The average molecular weight is 292 g/mol. The highest BCUT2D eigenvalue weighted by Gasteiger charge is 2.31. The molecule has 8 heteroatoms. The molecule has 2 unspecified atom stereocenters. The number of carbonyl (C=O) groups excluding carboxylic acids is 2. The SMILES string of the molecule is COC(=O)C(CNCC1CCCS1(=O)=O)NC(C)=O. The second-order valence-corrected chi connectivity index (χ2v) is 6.97.